The van der Waals surface area contributed by atoms with E-state index in [1.54, 1.807) is 21.3 Å². The zero-order valence-corrected chi connectivity index (χ0v) is 14.8. The lowest BCUT2D eigenvalue weighted by Gasteiger charge is -2.32. The van der Waals surface area contributed by atoms with Crippen LogP contribution in [0.2, 0.25) is 0 Å². The molecule has 0 N–H and O–H groups in total. The van der Waals surface area contributed by atoms with Crippen LogP contribution in [0.15, 0.2) is 12.1 Å². The third-order valence-corrected chi connectivity index (χ3v) is 4.73. The van der Waals surface area contributed by atoms with Crippen LogP contribution in [0.4, 0.5) is 0 Å². The maximum absolute atomic E-state index is 11.6. The molecule has 0 saturated heterocycles. The Morgan fingerprint density at radius 2 is 1.61 bits per heavy atom. The second-order valence-electron chi connectivity index (χ2n) is 5.65. The van der Waals surface area contributed by atoms with Gasteiger partial charge >= 0.3 is 0 Å². The molecule has 1 aliphatic rings. The van der Waals surface area contributed by atoms with Crippen LogP contribution in [-0.2, 0) is 14.3 Å². The Morgan fingerprint density at radius 1 is 0.957 bits per heavy atom. The quantitative estimate of drug-likeness (QED) is 0.739. The number of methoxy groups -OCH3 is 3. The van der Waals surface area contributed by atoms with E-state index in [9.17, 15) is 8.42 Å². The van der Waals surface area contributed by atoms with Gasteiger partial charge in [0.25, 0.3) is 10.1 Å². The molecule has 1 aliphatic carbocycles. The minimum Gasteiger partial charge on any atom is -0.493 e. The average Bonchev–Trinajstić information content (AvgIpc) is 2.52. The molecule has 2 atom stereocenters. The summed E-state index contributed by atoms with van der Waals surface area (Å²) >= 11 is 0. The maximum atomic E-state index is 11.6. The third kappa shape index (κ3) is 4.09. The molecule has 7 heteroatoms. The van der Waals surface area contributed by atoms with Gasteiger partial charge in [0.2, 0.25) is 5.75 Å². The number of hydrogen-bond acceptors (Lipinski definition) is 6. The molecule has 0 aliphatic heterocycles. The molecule has 1 saturated carbocycles. The third-order valence-electron chi connectivity index (χ3n) is 4.14. The van der Waals surface area contributed by atoms with Crippen molar-refractivity contribution in [3.63, 3.8) is 0 Å². The van der Waals surface area contributed by atoms with E-state index in [2.05, 4.69) is 0 Å². The van der Waals surface area contributed by atoms with E-state index in [0.717, 1.165) is 31.1 Å². The normalized spacial score (nSPS) is 21.7. The van der Waals surface area contributed by atoms with Gasteiger partial charge < -0.3 is 14.2 Å². The van der Waals surface area contributed by atoms with Crippen molar-refractivity contribution in [1.82, 2.24) is 0 Å². The summed E-state index contributed by atoms with van der Waals surface area (Å²) in [5.41, 5.74) is 0.888. The van der Waals surface area contributed by atoms with Crippen molar-refractivity contribution in [2.45, 2.75) is 37.7 Å². The number of benzene rings is 1. The minimum atomic E-state index is -3.51. The molecule has 0 bridgehead atoms. The van der Waals surface area contributed by atoms with Gasteiger partial charge in [-0.3, -0.25) is 4.18 Å². The fourth-order valence-corrected chi connectivity index (χ4v) is 3.89. The SMILES string of the molecule is COc1ccc(C2CCCCC2OS(C)(=O)=O)c(OC)c1OC. The van der Waals surface area contributed by atoms with E-state index in [4.69, 9.17) is 18.4 Å². The van der Waals surface area contributed by atoms with Crippen molar-refractivity contribution in [3.8, 4) is 17.2 Å². The van der Waals surface area contributed by atoms with Crippen LogP contribution in [0.1, 0.15) is 37.2 Å². The van der Waals surface area contributed by atoms with Gasteiger partial charge in [-0.05, 0) is 18.9 Å². The van der Waals surface area contributed by atoms with Crippen molar-refractivity contribution < 1.29 is 26.8 Å². The van der Waals surface area contributed by atoms with Crippen molar-refractivity contribution in [2.24, 2.45) is 0 Å². The Morgan fingerprint density at radius 3 is 2.17 bits per heavy atom. The molecule has 6 nitrogen and oxygen atoms in total. The summed E-state index contributed by atoms with van der Waals surface area (Å²) in [7, 11) is 1.17. The fraction of sp³-hybridized carbons (Fsp3) is 0.625. The zero-order valence-electron chi connectivity index (χ0n) is 14.0. The minimum absolute atomic E-state index is 0.0618. The van der Waals surface area contributed by atoms with Crippen LogP contribution < -0.4 is 14.2 Å². The first-order valence-corrected chi connectivity index (χ1v) is 9.40. The molecule has 0 spiro atoms. The largest absolute Gasteiger partial charge is 0.493 e. The van der Waals surface area contributed by atoms with E-state index < -0.39 is 10.1 Å². The summed E-state index contributed by atoms with van der Waals surface area (Å²) in [4.78, 5) is 0. The van der Waals surface area contributed by atoms with Crippen LogP contribution in [0.25, 0.3) is 0 Å². The first-order valence-electron chi connectivity index (χ1n) is 7.58. The van der Waals surface area contributed by atoms with Crippen LogP contribution >= 0.6 is 0 Å². The zero-order chi connectivity index (χ0) is 17.0. The summed E-state index contributed by atoms with van der Waals surface area (Å²) in [6.07, 6.45) is 4.22. The van der Waals surface area contributed by atoms with Crippen molar-refractivity contribution in [1.29, 1.82) is 0 Å². The maximum Gasteiger partial charge on any atom is 0.264 e. The van der Waals surface area contributed by atoms with E-state index in [1.165, 1.54) is 0 Å². The average molecular weight is 344 g/mol. The Bertz CT molecular complexity index is 640. The topological polar surface area (TPSA) is 71.1 Å². The molecule has 130 valence electrons. The Balaban J connectivity index is 2.45. The second-order valence-corrected chi connectivity index (χ2v) is 7.25. The van der Waals surface area contributed by atoms with Crippen LogP contribution in [0.5, 0.6) is 17.2 Å². The summed E-state index contributed by atoms with van der Waals surface area (Å²) in [5.74, 6) is 1.59. The van der Waals surface area contributed by atoms with Crippen LogP contribution in [0.3, 0.4) is 0 Å². The van der Waals surface area contributed by atoms with Gasteiger partial charge in [-0.15, -0.1) is 0 Å². The molecule has 1 aromatic rings. The summed E-state index contributed by atoms with van der Waals surface area (Å²) < 4.78 is 44.7. The highest BCUT2D eigenvalue weighted by molar-refractivity contribution is 7.86. The first-order chi connectivity index (χ1) is 10.9. The number of ether oxygens (including phenoxy) is 3. The predicted molar refractivity (Wildman–Crippen MR) is 87.0 cm³/mol. The van der Waals surface area contributed by atoms with Crippen molar-refractivity contribution >= 4 is 10.1 Å². The van der Waals surface area contributed by atoms with Gasteiger partial charge in [0.1, 0.15) is 0 Å². The highest BCUT2D eigenvalue weighted by Gasteiger charge is 2.33. The smallest absolute Gasteiger partial charge is 0.264 e. The molecule has 0 heterocycles. The second kappa shape index (κ2) is 7.40. The molecule has 1 aromatic carbocycles. The summed E-state index contributed by atoms with van der Waals surface area (Å²) in [6.45, 7) is 0. The Labute approximate surface area is 137 Å². The van der Waals surface area contributed by atoms with Gasteiger partial charge in [0.05, 0.1) is 33.7 Å². The Kier molecular flexibility index (Phi) is 5.75. The standard InChI is InChI=1S/C16H24O6S/c1-19-14-10-9-12(15(20-2)16(14)21-3)11-7-5-6-8-13(11)22-23(4,17)18/h9-11,13H,5-8H2,1-4H3. The van der Waals surface area contributed by atoms with E-state index >= 15 is 0 Å². The van der Waals surface area contributed by atoms with Gasteiger partial charge in [-0.25, -0.2) is 0 Å². The number of rotatable bonds is 6. The fourth-order valence-electron chi connectivity index (χ4n) is 3.21. The van der Waals surface area contributed by atoms with Gasteiger partial charge in [0, 0.05) is 11.5 Å². The molecule has 0 radical (unpaired) electrons. The monoisotopic (exact) mass is 344 g/mol. The van der Waals surface area contributed by atoms with Crippen molar-refractivity contribution in [3.05, 3.63) is 17.7 Å². The molecular weight excluding hydrogens is 320 g/mol. The van der Waals surface area contributed by atoms with Gasteiger partial charge in [0.15, 0.2) is 11.5 Å². The van der Waals surface area contributed by atoms with E-state index in [0.29, 0.717) is 23.7 Å². The lowest BCUT2D eigenvalue weighted by Crippen LogP contribution is -2.28. The highest BCUT2D eigenvalue weighted by Crippen LogP contribution is 2.46. The van der Waals surface area contributed by atoms with Crippen molar-refractivity contribution in [2.75, 3.05) is 27.6 Å². The number of hydrogen-bond donors (Lipinski definition) is 0. The lowest BCUT2D eigenvalue weighted by atomic mass is 9.81. The predicted octanol–water partition coefficient (Wildman–Crippen LogP) is 2.71. The molecule has 0 amide bonds. The Hall–Kier alpha value is -1.47. The highest BCUT2D eigenvalue weighted by atomic mass is 32.2. The van der Waals surface area contributed by atoms with Gasteiger partial charge in [-0.1, -0.05) is 18.9 Å². The molecular formula is C16H24O6S. The summed E-state index contributed by atoms with van der Waals surface area (Å²) in [5, 5.41) is 0. The molecule has 23 heavy (non-hydrogen) atoms. The molecule has 2 rings (SSSR count). The van der Waals surface area contributed by atoms with Crippen LogP contribution in [-0.4, -0.2) is 42.1 Å². The molecule has 0 aromatic heterocycles. The molecule has 2 unspecified atom stereocenters. The van der Waals surface area contributed by atoms with Crippen LogP contribution in [0, 0.1) is 0 Å². The van der Waals surface area contributed by atoms with E-state index in [-0.39, 0.29) is 12.0 Å². The first kappa shape index (κ1) is 17.9. The van der Waals surface area contributed by atoms with E-state index in [1.807, 2.05) is 12.1 Å². The lowest BCUT2D eigenvalue weighted by molar-refractivity contribution is 0.136. The van der Waals surface area contributed by atoms with Gasteiger partial charge in [-0.2, -0.15) is 8.42 Å². The molecule has 1 fully saturated rings. The summed E-state index contributed by atoms with van der Waals surface area (Å²) in [6, 6.07) is 3.71.